The quantitative estimate of drug-likeness (QED) is 0.843. The Labute approximate surface area is 126 Å². The minimum Gasteiger partial charge on any atom is -0.473 e. The first-order valence-corrected chi connectivity index (χ1v) is 7.62. The van der Waals surface area contributed by atoms with E-state index in [1.807, 2.05) is 17.0 Å². The van der Waals surface area contributed by atoms with Crippen molar-refractivity contribution in [3.8, 4) is 5.75 Å². The maximum absolute atomic E-state index is 12.0. The highest BCUT2D eigenvalue weighted by Crippen LogP contribution is 2.13. The molecule has 1 aromatic rings. The third-order valence-corrected chi connectivity index (χ3v) is 3.71. The molecule has 1 N–H and O–H groups in total. The number of carbonyl (C=O) groups excluding carboxylic acids is 1. The molecule has 1 saturated heterocycles. The maximum Gasteiger partial charge on any atom is 0.320 e. The number of hydrogen-bond donors (Lipinski definition) is 1. The average Bonchev–Trinajstić information content (AvgIpc) is 2.50. The van der Waals surface area contributed by atoms with Gasteiger partial charge in [0.25, 0.3) is 0 Å². The van der Waals surface area contributed by atoms with Gasteiger partial charge in [-0.1, -0.05) is 25.5 Å². The zero-order valence-corrected chi connectivity index (χ0v) is 13.0. The van der Waals surface area contributed by atoms with E-state index in [-0.39, 0.29) is 12.8 Å². The van der Waals surface area contributed by atoms with E-state index in [0.29, 0.717) is 0 Å². The van der Waals surface area contributed by atoms with Crippen molar-refractivity contribution < 1.29 is 9.53 Å². The molecule has 0 bridgehead atoms. The number of rotatable bonds is 5. The first-order chi connectivity index (χ1) is 10.2. The second-order valence-corrected chi connectivity index (χ2v) is 5.45. The number of ether oxygens (including phenoxy) is 1. The Morgan fingerprint density at radius 2 is 1.86 bits per heavy atom. The number of piperazine rings is 1. The van der Waals surface area contributed by atoms with Crippen molar-refractivity contribution >= 4 is 6.03 Å². The van der Waals surface area contributed by atoms with Crippen LogP contribution in [0.1, 0.15) is 18.9 Å². The lowest BCUT2D eigenvalue weighted by molar-refractivity contribution is 0.147. The number of nitrogens with zero attached hydrogens (tertiary/aromatic N) is 2. The molecule has 5 heteroatoms. The summed E-state index contributed by atoms with van der Waals surface area (Å²) in [5.74, 6) is 0.786. The van der Waals surface area contributed by atoms with Gasteiger partial charge in [-0.2, -0.15) is 0 Å². The summed E-state index contributed by atoms with van der Waals surface area (Å²) in [7, 11) is 2.07. The molecule has 1 aliphatic rings. The monoisotopic (exact) mass is 291 g/mol. The van der Waals surface area contributed by atoms with E-state index in [2.05, 4.69) is 36.3 Å². The van der Waals surface area contributed by atoms with E-state index in [1.165, 1.54) is 5.56 Å². The molecule has 0 aliphatic carbocycles. The van der Waals surface area contributed by atoms with E-state index in [9.17, 15) is 4.79 Å². The maximum atomic E-state index is 12.0. The standard InChI is InChI=1S/C16H25N3O2/c1-3-4-14-5-7-15(8-6-14)21-13-17-16(20)19-11-9-18(2)10-12-19/h5-8H,3-4,9-13H2,1-2H3,(H,17,20). The van der Waals surface area contributed by atoms with Crippen LogP contribution in [0.5, 0.6) is 5.75 Å². The number of benzene rings is 1. The first-order valence-electron chi connectivity index (χ1n) is 7.62. The number of aryl methyl sites for hydroxylation is 1. The number of amides is 2. The van der Waals surface area contributed by atoms with Crippen LogP contribution in [0, 0.1) is 0 Å². The molecule has 5 nitrogen and oxygen atoms in total. The summed E-state index contributed by atoms with van der Waals surface area (Å²) >= 11 is 0. The molecular weight excluding hydrogens is 266 g/mol. The van der Waals surface area contributed by atoms with Gasteiger partial charge in [0, 0.05) is 26.2 Å². The van der Waals surface area contributed by atoms with Gasteiger partial charge in [-0.3, -0.25) is 0 Å². The molecule has 2 amide bonds. The summed E-state index contributed by atoms with van der Waals surface area (Å²) in [5, 5.41) is 2.80. The van der Waals surface area contributed by atoms with Gasteiger partial charge in [-0.05, 0) is 31.2 Å². The van der Waals surface area contributed by atoms with E-state index < -0.39 is 0 Å². The fourth-order valence-electron chi connectivity index (χ4n) is 2.34. The lowest BCUT2D eigenvalue weighted by Gasteiger charge is -2.32. The van der Waals surface area contributed by atoms with Gasteiger partial charge in [0.05, 0.1) is 0 Å². The minimum atomic E-state index is -0.0503. The Hall–Kier alpha value is -1.75. The number of nitrogens with one attached hydrogen (secondary N) is 1. The van der Waals surface area contributed by atoms with Crippen molar-refractivity contribution in [3.63, 3.8) is 0 Å². The van der Waals surface area contributed by atoms with Crippen molar-refractivity contribution in [1.29, 1.82) is 0 Å². The Bertz CT molecular complexity index is 439. The van der Waals surface area contributed by atoms with Gasteiger partial charge in [0.1, 0.15) is 5.75 Å². The molecule has 0 unspecified atom stereocenters. The number of hydrogen-bond acceptors (Lipinski definition) is 3. The van der Waals surface area contributed by atoms with Crippen LogP contribution in [0.4, 0.5) is 4.79 Å². The first kappa shape index (κ1) is 15.6. The molecular formula is C16H25N3O2. The van der Waals surface area contributed by atoms with Crippen LogP contribution in [-0.4, -0.2) is 55.8 Å². The van der Waals surface area contributed by atoms with Crippen molar-refractivity contribution in [2.75, 3.05) is 40.0 Å². The van der Waals surface area contributed by atoms with E-state index in [4.69, 9.17) is 4.74 Å². The normalized spacial score (nSPS) is 15.8. The Kier molecular flexibility index (Phi) is 5.87. The molecule has 0 radical (unpaired) electrons. The summed E-state index contributed by atoms with van der Waals surface area (Å²) in [5.41, 5.74) is 1.31. The van der Waals surface area contributed by atoms with Crippen LogP contribution in [-0.2, 0) is 6.42 Å². The Morgan fingerprint density at radius 1 is 1.19 bits per heavy atom. The van der Waals surface area contributed by atoms with Gasteiger partial charge >= 0.3 is 6.03 Å². The zero-order valence-electron chi connectivity index (χ0n) is 13.0. The third-order valence-electron chi connectivity index (χ3n) is 3.71. The lowest BCUT2D eigenvalue weighted by atomic mass is 10.1. The fourth-order valence-corrected chi connectivity index (χ4v) is 2.34. The molecule has 116 valence electrons. The molecule has 0 spiro atoms. The lowest BCUT2D eigenvalue weighted by Crippen LogP contribution is -2.51. The van der Waals surface area contributed by atoms with Crippen LogP contribution in [0.2, 0.25) is 0 Å². The summed E-state index contributed by atoms with van der Waals surface area (Å²) in [6.45, 7) is 5.76. The van der Waals surface area contributed by atoms with Crippen LogP contribution < -0.4 is 10.1 Å². The molecule has 21 heavy (non-hydrogen) atoms. The zero-order chi connectivity index (χ0) is 15.1. The van der Waals surface area contributed by atoms with Crippen LogP contribution in [0.25, 0.3) is 0 Å². The van der Waals surface area contributed by atoms with Crippen molar-refractivity contribution in [2.24, 2.45) is 0 Å². The predicted octanol–water partition coefficient (Wildman–Crippen LogP) is 1.93. The van der Waals surface area contributed by atoms with E-state index >= 15 is 0 Å². The summed E-state index contributed by atoms with van der Waals surface area (Å²) in [6, 6.07) is 7.99. The fraction of sp³-hybridized carbons (Fsp3) is 0.562. The molecule has 1 heterocycles. The predicted molar refractivity (Wildman–Crippen MR) is 83.5 cm³/mol. The van der Waals surface area contributed by atoms with Crippen LogP contribution in [0.15, 0.2) is 24.3 Å². The summed E-state index contributed by atoms with van der Waals surface area (Å²) in [4.78, 5) is 16.0. The summed E-state index contributed by atoms with van der Waals surface area (Å²) in [6.07, 6.45) is 2.22. The summed E-state index contributed by atoms with van der Waals surface area (Å²) < 4.78 is 5.55. The minimum absolute atomic E-state index is 0.0503. The topological polar surface area (TPSA) is 44.8 Å². The van der Waals surface area contributed by atoms with Crippen molar-refractivity contribution in [1.82, 2.24) is 15.1 Å². The largest absolute Gasteiger partial charge is 0.473 e. The van der Waals surface area contributed by atoms with Gasteiger partial charge < -0.3 is 19.9 Å². The second kappa shape index (κ2) is 7.88. The van der Waals surface area contributed by atoms with Gasteiger partial charge in [0.15, 0.2) is 6.73 Å². The van der Waals surface area contributed by atoms with Crippen molar-refractivity contribution in [2.45, 2.75) is 19.8 Å². The van der Waals surface area contributed by atoms with Gasteiger partial charge in [0.2, 0.25) is 0 Å². The Balaban J connectivity index is 1.70. The third kappa shape index (κ3) is 4.93. The van der Waals surface area contributed by atoms with Crippen molar-refractivity contribution in [3.05, 3.63) is 29.8 Å². The van der Waals surface area contributed by atoms with Crippen LogP contribution in [0.3, 0.4) is 0 Å². The number of likely N-dealkylation sites (N-methyl/N-ethyl adjacent to an activating group) is 1. The molecule has 0 saturated carbocycles. The van der Waals surface area contributed by atoms with Gasteiger partial charge in [-0.25, -0.2) is 4.79 Å². The van der Waals surface area contributed by atoms with Crippen LogP contribution >= 0.6 is 0 Å². The molecule has 1 aliphatic heterocycles. The average molecular weight is 291 g/mol. The van der Waals surface area contributed by atoms with Gasteiger partial charge in [-0.15, -0.1) is 0 Å². The molecule has 0 atom stereocenters. The molecule has 1 fully saturated rings. The van der Waals surface area contributed by atoms with E-state index in [1.54, 1.807) is 0 Å². The highest BCUT2D eigenvalue weighted by Gasteiger charge is 2.18. The second-order valence-electron chi connectivity index (χ2n) is 5.45. The molecule has 2 rings (SSSR count). The Morgan fingerprint density at radius 3 is 2.48 bits per heavy atom. The van der Waals surface area contributed by atoms with E-state index in [0.717, 1.165) is 44.8 Å². The number of urea groups is 1. The molecule has 0 aromatic heterocycles. The highest BCUT2D eigenvalue weighted by atomic mass is 16.5. The highest BCUT2D eigenvalue weighted by molar-refractivity contribution is 5.74. The molecule has 1 aromatic carbocycles. The smallest absolute Gasteiger partial charge is 0.320 e. The number of carbonyl (C=O) groups is 1. The SMILES string of the molecule is CCCc1ccc(OCNC(=O)N2CCN(C)CC2)cc1.